The molecule has 0 aliphatic rings. The van der Waals surface area contributed by atoms with Gasteiger partial charge in [0.15, 0.2) is 0 Å². The van der Waals surface area contributed by atoms with Crippen LogP contribution in [0.15, 0.2) is 72.8 Å². The van der Waals surface area contributed by atoms with Crippen LogP contribution in [0.25, 0.3) is 0 Å². The minimum atomic E-state index is -1.33. The van der Waals surface area contributed by atoms with Crippen LogP contribution in [0.4, 0.5) is 0 Å². The van der Waals surface area contributed by atoms with Gasteiger partial charge in [0.05, 0.1) is 35.8 Å². The summed E-state index contributed by atoms with van der Waals surface area (Å²) in [4.78, 5) is 61.2. The minimum Gasteiger partial charge on any atom is -0.545 e. The number of benzene rings is 3. The standard InChI is InChI=1S/3C8H6O4.2V/c3*9-7(10)5-1-2-6(4-3-5)8(11)12;;/h3*1-4H,(H,9,10)(H,11,12);;/p-6. The number of carboxylic acid groups (broad SMARTS) is 6. The molecule has 0 unspecified atom stereocenters. The predicted molar refractivity (Wildman–Crippen MR) is 105 cm³/mol. The summed E-state index contributed by atoms with van der Waals surface area (Å²) in [5.41, 5.74) is -0.333. The molecule has 38 heavy (non-hydrogen) atoms. The first kappa shape index (κ1) is 35.8. The molecule has 14 heteroatoms. The van der Waals surface area contributed by atoms with E-state index in [0.717, 1.165) is 72.8 Å². The Hall–Kier alpha value is -4.35. The van der Waals surface area contributed by atoms with Crippen LogP contribution in [0.5, 0.6) is 0 Å². The molecule has 0 spiro atoms. The summed E-state index contributed by atoms with van der Waals surface area (Å²) >= 11 is 0. The number of hydrogen-bond donors (Lipinski definition) is 0. The number of hydrogen-bond acceptors (Lipinski definition) is 12. The van der Waals surface area contributed by atoms with Crippen LogP contribution in [0.1, 0.15) is 62.1 Å². The SMILES string of the molecule is O=C([O-])c1ccc(C(=O)[O-])cc1.O=C([O-])c1ccc(C(=O)[O-])cc1.O=C([O-])c1ccc(C(=O)[O-])cc1.[V].[V]. The van der Waals surface area contributed by atoms with E-state index in [9.17, 15) is 59.4 Å². The van der Waals surface area contributed by atoms with Crippen LogP contribution in [0, 0.1) is 0 Å². The van der Waals surface area contributed by atoms with E-state index in [2.05, 4.69) is 0 Å². The Bertz CT molecular complexity index is 1010. The van der Waals surface area contributed by atoms with Crippen molar-refractivity contribution in [1.82, 2.24) is 0 Å². The molecule has 3 aromatic carbocycles. The van der Waals surface area contributed by atoms with Gasteiger partial charge in [-0.1, -0.05) is 72.8 Å². The maximum atomic E-state index is 10.2. The fourth-order valence-corrected chi connectivity index (χ4v) is 2.23. The Morgan fingerprint density at radius 1 is 0.289 bits per heavy atom. The number of carbonyl (C=O) groups excluding carboxylic acids is 6. The van der Waals surface area contributed by atoms with Gasteiger partial charge in [-0.25, -0.2) is 0 Å². The van der Waals surface area contributed by atoms with Crippen molar-refractivity contribution in [1.29, 1.82) is 0 Å². The maximum Gasteiger partial charge on any atom is 0.0715 e. The first-order chi connectivity index (χ1) is 16.8. The van der Waals surface area contributed by atoms with Gasteiger partial charge in [-0.2, -0.15) is 0 Å². The number of carboxylic acids is 6. The van der Waals surface area contributed by atoms with Crippen LogP contribution >= 0.6 is 0 Å². The van der Waals surface area contributed by atoms with Crippen molar-refractivity contribution < 1.29 is 96.5 Å². The van der Waals surface area contributed by atoms with Gasteiger partial charge in [0.1, 0.15) is 0 Å². The summed E-state index contributed by atoms with van der Waals surface area (Å²) in [7, 11) is 0. The van der Waals surface area contributed by atoms with Crippen LogP contribution in [0.2, 0.25) is 0 Å². The topological polar surface area (TPSA) is 241 Å². The largest absolute Gasteiger partial charge is 0.545 e. The Labute approximate surface area is 237 Å². The first-order valence-electron chi connectivity index (χ1n) is 9.41. The van der Waals surface area contributed by atoms with Gasteiger partial charge in [0, 0.05) is 37.1 Å². The van der Waals surface area contributed by atoms with Gasteiger partial charge in [-0.15, -0.1) is 0 Å². The molecular formula is C24H12O12V2-6. The minimum absolute atomic E-state index is 0. The molecule has 3 rings (SSSR count). The van der Waals surface area contributed by atoms with E-state index in [1.54, 1.807) is 0 Å². The third kappa shape index (κ3) is 12.1. The Morgan fingerprint density at radius 2 is 0.368 bits per heavy atom. The fourth-order valence-electron chi connectivity index (χ4n) is 2.23. The average Bonchev–Trinajstić information content (AvgIpc) is 2.84. The van der Waals surface area contributed by atoms with Gasteiger partial charge in [-0.05, 0) is 33.4 Å². The summed E-state index contributed by atoms with van der Waals surface area (Å²) in [6.45, 7) is 0. The van der Waals surface area contributed by atoms with Crippen molar-refractivity contribution in [2.75, 3.05) is 0 Å². The molecule has 0 saturated heterocycles. The van der Waals surface area contributed by atoms with Crippen LogP contribution in [0.3, 0.4) is 0 Å². The third-order valence-electron chi connectivity index (χ3n) is 4.07. The second-order valence-corrected chi connectivity index (χ2v) is 6.46. The van der Waals surface area contributed by atoms with Gasteiger partial charge in [0.2, 0.25) is 0 Å². The second kappa shape index (κ2) is 17.2. The summed E-state index contributed by atoms with van der Waals surface area (Å²) < 4.78 is 0. The van der Waals surface area contributed by atoms with E-state index in [1.165, 1.54) is 0 Å². The molecule has 0 saturated carbocycles. The van der Waals surface area contributed by atoms with Gasteiger partial charge in [-0.3, -0.25) is 0 Å². The number of rotatable bonds is 6. The van der Waals surface area contributed by atoms with E-state index in [0.29, 0.717) is 0 Å². The van der Waals surface area contributed by atoms with Crippen LogP contribution in [-0.4, -0.2) is 35.8 Å². The predicted octanol–water partition coefficient (Wildman–Crippen LogP) is -4.76. The van der Waals surface area contributed by atoms with Crippen molar-refractivity contribution in [3.8, 4) is 0 Å². The number of carbonyl (C=O) groups is 6. The van der Waals surface area contributed by atoms with Gasteiger partial charge < -0.3 is 59.4 Å². The zero-order chi connectivity index (χ0) is 27.4. The van der Waals surface area contributed by atoms with E-state index in [4.69, 9.17) is 0 Å². The average molecular weight is 594 g/mol. The molecule has 12 nitrogen and oxygen atoms in total. The number of aromatic carboxylic acids is 6. The summed E-state index contributed by atoms with van der Waals surface area (Å²) in [5, 5.41) is 61.2. The van der Waals surface area contributed by atoms with E-state index >= 15 is 0 Å². The molecule has 0 fully saturated rings. The quantitative estimate of drug-likeness (QED) is 0.261. The molecular weight excluding hydrogens is 582 g/mol. The van der Waals surface area contributed by atoms with Crippen LogP contribution in [-0.2, 0) is 37.1 Å². The summed E-state index contributed by atoms with van der Waals surface area (Å²) in [5.74, 6) is -8.00. The zero-order valence-corrected chi connectivity index (χ0v) is 21.5. The molecule has 2 radical (unpaired) electrons. The first-order valence-corrected chi connectivity index (χ1v) is 9.41. The van der Waals surface area contributed by atoms with Crippen molar-refractivity contribution in [3.63, 3.8) is 0 Å². The Balaban J connectivity index is 0. The van der Waals surface area contributed by atoms with Crippen molar-refractivity contribution in [3.05, 3.63) is 106 Å². The third-order valence-corrected chi connectivity index (χ3v) is 4.07. The smallest absolute Gasteiger partial charge is 0.0715 e. The monoisotopic (exact) mass is 594 g/mol. The van der Waals surface area contributed by atoms with E-state index in [1.807, 2.05) is 0 Å². The zero-order valence-electron chi connectivity index (χ0n) is 18.7. The fraction of sp³-hybridized carbons (Fsp3) is 0. The molecule has 0 heterocycles. The molecule has 0 amide bonds. The molecule has 0 N–H and O–H groups in total. The van der Waals surface area contributed by atoms with E-state index < -0.39 is 35.8 Å². The molecule has 0 atom stereocenters. The van der Waals surface area contributed by atoms with Gasteiger partial charge in [0.25, 0.3) is 0 Å². The summed E-state index contributed by atoms with van der Waals surface area (Å²) in [6.07, 6.45) is 0. The molecule has 3 aromatic rings. The molecule has 0 aromatic heterocycles. The maximum absolute atomic E-state index is 10.2. The van der Waals surface area contributed by atoms with Crippen LogP contribution < -0.4 is 30.6 Å². The molecule has 0 aliphatic carbocycles. The summed E-state index contributed by atoms with van der Waals surface area (Å²) in [6, 6.07) is 13.8. The van der Waals surface area contributed by atoms with Gasteiger partial charge >= 0.3 is 0 Å². The second-order valence-electron chi connectivity index (χ2n) is 6.46. The van der Waals surface area contributed by atoms with Crippen molar-refractivity contribution >= 4 is 35.8 Å². The normalized spacial score (nSPS) is 8.84. The molecule has 196 valence electrons. The van der Waals surface area contributed by atoms with E-state index in [-0.39, 0.29) is 70.5 Å². The van der Waals surface area contributed by atoms with Crippen molar-refractivity contribution in [2.24, 2.45) is 0 Å². The molecule has 0 aliphatic heterocycles. The molecule has 0 bridgehead atoms. The Kier molecular flexibility index (Phi) is 16.2. The van der Waals surface area contributed by atoms with Crippen molar-refractivity contribution in [2.45, 2.75) is 0 Å². The Morgan fingerprint density at radius 3 is 0.421 bits per heavy atom.